The molecule has 178 valence electrons. The van der Waals surface area contributed by atoms with Crippen LogP contribution in [0.25, 0.3) is 5.70 Å². The van der Waals surface area contributed by atoms with Gasteiger partial charge in [0.05, 0.1) is 10.7 Å². The van der Waals surface area contributed by atoms with Crippen LogP contribution in [0, 0.1) is 5.41 Å². The smallest absolute Gasteiger partial charge is 0.354 e. The van der Waals surface area contributed by atoms with E-state index in [1.165, 1.54) is 52.3 Å². The van der Waals surface area contributed by atoms with Crippen LogP contribution in [0.15, 0.2) is 58.9 Å². The van der Waals surface area contributed by atoms with Gasteiger partial charge in [-0.1, -0.05) is 65.9 Å². The number of thioether (sulfide) groups is 1. The number of anilines is 2. The van der Waals surface area contributed by atoms with E-state index in [9.17, 15) is 18.0 Å². The van der Waals surface area contributed by atoms with Gasteiger partial charge in [0.1, 0.15) is 5.71 Å². The Labute approximate surface area is 207 Å². The first kappa shape index (κ1) is 25.7. The minimum Gasteiger partial charge on any atom is -0.354 e. The maximum absolute atomic E-state index is 13.0. The molecule has 0 radical (unpaired) electrons. The van der Waals surface area contributed by atoms with Gasteiger partial charge in [-0.2, -0.15) is 13.2 Å². The normalized spacial score (nSPS) is 11.9. The molecule has 1 aromatic heterocycles. The van der Waals surface area contributed by atoms with E-state index < -0.39 is 11.9 Å². The van der Waals surface area contributed by atoms with Crippen molar-refractivity contribution >= 4 is 62.8 Å². The van der Waals surface area contributed by atoms with Gasteiger partial charge in [-0.15, -0.1) is 10.2 Å². The first-order valence-electron chi connectivity index (χ1n) is 9.84. The molecule has 0 aliphatic carbocycles. The SMILES string of the molecule is CCSc1nnc(N(C)C(=O)c2ccc(/C(=C/C(=N)C(F)(F)F)Nc3ccccc3Cl)cc2)s1. The average molecular weight is 526 g/mol. The van der Waals surface area contributed by atoms with E-state index in [-0.39, 0.29) is 11.6 Å². The number of carbonyl (C=O) groups excluding carboxylic acids is 1. The third kappa shape index (κ3) is 6.37. The lowest BCUT2D eigenvalue weighted by atomic mass is 10.1. The predicted molar refractivity (Wildman–Crippen MR) is 132 cm³/mol. The Bertz CT molecular complexity index is 1210. The molecule has 0 saturated heterocycles. The van der Waals surface area contributed by atoms with Crippen LogP contribution in [-0.2, 0) is 0 Å². The highest BCUT2D eigenvalue weighted by Gasteiger charge is 2.33. The summed E-state index contributed by atoms with van der Waals surface area (Å²) < 4.78 is 39.8. The number of hydrogen-bond donors (Lipinski definition) is 2. The van der Waals surface area contributed by atoms with Crippen molar-refractivity contribution in [3.05, 3.63) is 70.8 Å². The molecule has 0 fully saturated rings. The lowest BCUT2D eigenvalue weighted by Gasteiger charge is -2.16. The van der Waals surface area contributed by atoms with E-state index in [2.05, 4.69) is 15.5 Å². The number of carbonyl (C=O) groups is 1. The number of alkyl halides is 3. The van der Waals surface area contributed by atoms with Crippen LogP contribution in [0.4, 0.5) is 24.0 Å². The first-order chi connectivity index (χ1) is 16.1. The molecule has 0 saturated carbocycles. The fourth-order valence-electron chi connectivity index (χ4n) is 2.72. The maximum Gasteiger partial charge on any atom is 0.432 e. The molecule has 0 aliphatic heterocycles. The van der Waals surface area contributed by atoms with Gasteiger partial charge in [-0.25, -0.2) is 0 Å². The second kappa shape index (κ2) is 11.0. The van der Waals surface area contributed by atoms with Crippen molar-refractivity contribution in [3.8, 4) is 0 Å². The molecule has 0 bridgehead atoms. The number of halogens is 4. The Kier molecular flexibility index (Phi) is 8.34. The molecule has 3 rings (SSSR count). The molecule has 0 spiro atoms. The standard InChI is InChI=1S/C22H19ClF3N5OS2/c1-3-33-21-30-29-20(34-21)31(2)19(32)14-10-8-13(9-11-14)17(12-18(27)22(24,25)26)28-16-7-5-4-6-15(16)23/h4-12,27-28H,3H2,1-2H3/b17-12-,27-18?. The lowest BCUT2D eigenvalue weighted by Crippen LogP contribution is -2.26. The summed E-state index contributed by atoms with van der Waals surface area (Å²) in [4.78, 5) is 14.2. The molecular formula is C22H19ClF3N5OS2. The van der Waals surface area contributed by atoms with Crippen LogP contribution in [0.1, 0.15) is 22.8 Å². The Morgan fingerprint density at radius 2 is 1.82 bits per heavy atom. The van der Waals surface area contributed by atoms with E-state index in [4.69, 9.17) is 17.0 Å². The van der Waals surface area contributed by atoms with Crippen molar-refractivity contribution in [2.24, 2.45) is 0 Å². The average Bonchev–Trinajstić information content (AvgIpc) is 3.27. The Hall–Kier alpha value is -2.89. The summed E-state index contributed by atoms with van der Waals surface area (Å²) in [5.74, 6) is 0.487. The zero-order valence-electron chi connectivity index (χ0n) is 18.0. The predicted octanol–water partition coefficient (Wildman–Crippen LogP) is 6.62. The lowest BCUT2D eigenvalue weighted by molar-refractivity contribution is -0.0583. The summed E-state index contributed by atoms with van der Waals surface area (Å²) in [6.07, 6.45) is -4.14. The van der Waals surface area contributed by atoms with Gasteiger partial charge in [-0.05, 0) is 41.7 Å². The summed E-state index contributed by atoms with van der Waals surface area (Å²) in [6, 6.07) is 12.5. The number of nitrogens with one attached hydrogen (secondary N) is 2. The molecule has 12 heteroatoms. The molecule has 0 atom stereocenters. The van der Waals surface area contributed by atoms with Gasteiger partial charge in [0, 0.05) is 18.3 Å². The Balaban J connectivity index is 1.87. The number of hydrogen-bond acceptors (Lipinski definition) is 7. The van der Waals surface area contributed by atoms with Crippen molar-refractivity contribution < 1.29 is 18.0 Å². The number of amides is 1. The summed E-state index contributed by atoms with van der Waals surface area (Å²) in [5, 5.41) is 19.0. The molecule has 3 aromatic rings. The number of rotatable bonds is 8. The monoisotopic (exact) mass is 525 g/mol. The minimum absolute atomic E-state index is 0.00753. The molecule has 1 amide bonds. The second-order valence-electron chi connectivity index (χ2n) is 6.80. The highest BCUT2D eigenvalue weighted by atomic mass is 35.5. The summed E-state index contributed by atoms with van der Waals surface area (Å²) in [5.41, 5.74) is -0.491. The quantitative estimate of drug-likeness (QED) is 0.196. The summed E-state index contributed by atoms with van der Waals surface area (Å²) in [7, 11) is 1.58. The van der Waals surface area contributed by atoms with Crippen molar-refractivity contribution in [3.63, 3.8) is 0 Å². The van der Waals surface area contributed by atoms with E-state index in [0.717, 1.165) is 10.1 Å². The van der Waals surface area contributed by atoms with E-state index in [1.54, 1.807) is 31.3 Å². The van der Waals surface area contributed by atoms with Crippen molar-refractivity contribution in [1.82, 2.24) is 10.2 Å². The van der Waals surface area contributed by atoms with Gasteiger partial charge in [0.15, 0.2) is 4.34 Å². The number of aromatic nitrogens is 2. The molecule has 0 unspecified atom stereocenters. The zero-order valence-corrected chi connectivity index (χ0v) is 20.4. The third-order valence-electron chi connectivity index (χ3n) is 4.44. The van der Waals surface area contributed by atoms with E-state index in [0.29, 0.717) is 33.0 Å². The number of para-hydroxylation sites is 1. The van der Waals surface area contributed by atoms with Gasteiger partial charge < -0.3 is 5.32 Å². The fourth-order valence-corrected chi connectivity index (χ4v) is 4.60. The van der Waals surface area contributed by atoms with Crippen molar-refractivity contribution in [1.29, 1.82) is 5.41 Å². The van der Waals surface area contributed by atoms with Gasteiger partial charge in [0.2, 0.25) is 5.13 Å². The van der Waals surface area contributed by atoms with Gasteiger partial charge in [0.25, 0.3) is 5.91 Å². The molecule has 2 N–H and O–H groups in total. The molecule has 0 aliphatic rings. The van der Waals surface area contributed by atoms with Crippen LogP contribution < -0.4 is 10.2 Å². The highest BCUT2D eigenvalue weighted by molar-refractivity contribution is 8.01. The molecular weight excluding hydrogens is 507 g/mol. The highest BCUT2D eigenvalue weighted by Crippen LogP contribution is 2.29. The summed E-state index contributed by atoms with van der Waals surface area (Å²) in [6.45, 7) is 1.99. The van der Waals surface area contributed by atoms with Gasteiger partial charge in [-0.3, -0.25) is 15.1 Å². The zero-order chi connectivity index (χ0) is 24.9. The van der Waals surface area contributed by atoms with Crippen molar-refractivity contribution in [2.75, 3.05) is 23.0 Å². The minimum atomic E-state index is -4.82. The first-order valence-corrected chi connectivity index (χ1v) is 12.0. The maximum atomic E-state index is 13.0. The fraction of sp³-hybridized carbons (Fsp3) is 0.182. The number of benzene rings is 2. The largest absolute Gasteiger partial charge is 0.432 e. The number of allylic oxidation sites excluding steroid dienone is 1. The van der Waals surface area contributed by atoms with Crippen LogP contribution in [-0.4, -0.2) is 40.8 Å². The molecule has 34 heavy (non-hydrogen) atoms. The Morgan fingerprint density at radius 1 is 1.18 bits per heavy atom. The topological polar surface area (TPSA) is 82.0 Å². The third-order valence-corrected chi connectivity index (χ3v) is 6.78. The number of nitrogens with zero attached hydrogens (tertiary/aromatic N) is 3. The second-order valence-corrected chi connectivity index (χ2v) is 9.67. The van der Waals surface area contributed by atoms with Crippen LogP contribution in [0.2, 0.25) is 5.02 Å². The molecule has 1 heterocycles. The van der Waals surface area contributed by atoms with Crippen LogP contribution in [0.5, 0.6) is 0 Å². The van der Waals surface area contributed by atoms with Crippen LogP contribution >= 0.6 is 34.7 Å². The summed E-state index contributed by atoms with van der Waals surface area (Å²) >= 11 is 8.95. The van der Waals surface area contributed by atoms with Crippen LogP contribution in [0.3, 0.4) is 0 Å². The van der Waals surface area contributed by atoms with Gasteiger partial charge >= 0.3 is 6.18 Å². The molecule has 2 aromatic carbocycles. The Morgan fingerprint density at radius 3 is 2.44 bits per heavy atom. The van der Waals surface area contributed by atoms with E-state index >= 15 is 0 Å². The van der Waals surface area contributed by atoms with E-state index in [1.807, 2.05) is 6.92 Å². The molecule has 6 nitrogen and oxygen atoms in total. The van der Waals surface area contributed by atoms with Crippen molar-refractivity contribution in [2.45, 2.75) is 17.4 Å².